The number of benzene rings is 1. The summed E-state index contributed by atoms with van der Waals surface area (Å²) in [5.41, 5.74) is 1.25. The first-order valence-corrected chi connectivity index (χ1v) is 5.30. The van der Waals surface area contributed by atoms with Gasteiger partial charge in [0.1, 0.15) is 17.6 Å². The summed E-state index contributed by atoms with van der Waals surface area (Å²) in [4.78, 5) is 0. The molecule has 4 heteroatoms. The third-order valence-electron chi connectivity index (χ3n) is 2.90. The Balaban J connectivity index is 2.45. The molecule has 1 unspecified atom stereocenters. The van der Waals surface area contributed by atoms with Gasteiger partial charge >= 0.3 is 0 Å². The van der Waals surface area contributed by atoms with E-state index in [1.54, 1.807) is 13.2 Å². The van der Waals surface area contributed by atoms with Crippen molar-refractivity contribution in [2.24, 2.45) is 0 Å². The molecular weight excluding hydrogens is 204 g/mol. The van der Waals surface area contributed by atoms with Gasteiger partial charge in [-0.15, -0.1) is 0 Å². The lowest BCUT2D eigenvalue weighted by atomic mass is 10.0. The molecule has 1 saturated heterocycles. The smallest absolute Gasteiger partial charge is 0.137 e. The molecule has 1 aromatic rings. The van der Waals surface area contributed by atoms with Crippen LogP contribution in [0.3, 0.4) is 0 Å². The number of phenols is 1. The molecule has 0 aliphatic carbocycles. The molecule has 1 aromatic carbocycles. The SMILES string of the molecule is COc1cc(O)c(C#N)cc1C1CCCN1. The third-order valence-corrected chi connectivity index (χ3v) is 2.90. The average molecular weight is 218 g/mol. The Bertz CT molecular complexity index is 431. The van der Waals surface area contributed by atoms with Crippen molar-refractivity contribution in [1.82, 2.24) is 5.32 Å². The second kappa shape index (κ2) is 4.42. The van der Waals surface area contributed by atoms with E-state index in [0.29, 0.717) is 11.3 Å². The minimum Gasteiger partial charge on any atom is -0.506 e. The van der Waals surface area contributed by atoms with Gasteiger partial charge < -0.3 is 15.2 Å². The number of aromatic hydroxyl groups is 1. The van der Waals surface area contributed by atoms with Crippen molar-refractivity contribution < 1.29 is 9.84 Å². The number of nitrogens with one attached hydrogen (secondary N) is 1. The Labute approximate surface area is 94.5 Å². The molecule has 2 N–H and O–H groups in total. The van der Waals surface area contributed by atoms with E-state index in [1.165, 1.54) is 6.07 Å². The van der Waals surface area contributed by atoms with E-state index < -0.39 is 0 Å². The van der Waals surface area contributed by atoms with E-state index >= 15 is 0 Å². The molecule has 0 spiro atoms. The predicted octanol–water partition coefficient (Wildman–Crippen LogP) is 1.70. The number of nitrogens with zero attached hydrogens (tertiary/aromatic N) is 1. The molecule has 0 amide bonds. The summed E-state index contributed by atoms with van der Waals surface area (Å²) in [7, 11) is 1.57. The Morgan fingerprint density at radius 3 is 2.94 bits per heavy atom. The molecule has 0 aromatic heterocycles. The maximum absolute atomic E-state index is 9.57. The fourth-order valence-electron chi connectivity index (χ4n) is 2.07. The van der Waals surface area contributed by atoms with E-state index in [-0.39, 0.29) is 11.8 Å². The fraction of sp³-hybridized carbons (Fsp3) is 0.417. The maximum Gasteiger partial charge on any atom is 0.137 e. The van der Waals surface area contributed by atoms with Crippen LogP contribution in [-0.2, 0) is 0 Å². The van der Waals surface area contributed by atoms with E-state index in [2.05, 4.69) is 5.32 Å². The lowest BCUT2D eigenvalue weighted by molar-refractivity contribution is 0.396. The lowest BCUT2D eigenvalue weighted by Crippen LogP contribution is -2.14. The van der Waals surface area contributed by atoms with Crippen LogP contribution in [-0.4, -0.2) is 18.8 Å². The van der Waals surface area contributed by atoms with Gasteiger partial charge in [-0.05, 0) is 25.5 Å². The quantitative estimate of drug-likeness (QED) is 0.793. The number of hydrogen-bond donors (Lipinski definition) is 2. The zero-order valence-electron chi connectivity index (χ0n) is 9.16. The number of hydrogen-bond acceptors (Lipinski definition) is 4. The van der Waals surface area contributed by atoms with E-state index in [9.17, 15) is 5.11 Å². The maximum atomic E-state index is 9.57. The number of methoxy groups -OCH3 is 1. The van der Waals surface area contributed by atoms with Gasteiger partial charge in [0.2, 0.25) is 0 Å². The van der Waals surface area contributed by atoms with Crippen molar-refractivity contribution in [3.8, 4) is 17.6 Å². The van der Waals surface area contributed by atoms with Gasteiger partial charge in [0.05, 0.1) is 12.7 Å². The summed E-state index contributed by atoms with van der Waals surface area (Å²) in [5, 5.41) is 21.8. The largest absolute Gasteiger partial charge is 0.506 e. The average Bonchev–Trinajstić information content (AvgIpc) is 2.82. The summed E-state index contributed by atoms with van der Waals surface area (Å²) in [6.07, 6.45) is 2.16. The minimum atomic E-state index is -0.0268. The van der Waals surface area contributed by atoms with Crippen LogP contribution in [0.25, 0.3) is 0 Å². The van der Waals surface area contributed by atoms with E-state index in [4.69, 9.17) is 10.00 Å². The normalized spacial score (nSPS) is 19.4. The molecule has 0 bridgehead atoms. The van der Waals surface area contributed by atoms with Crippen molar-refractivity contribution in [3.05, 3.63) is 23.3 Å². The third kappa shape index (κ3) is 1.82. The van der Waals surface area contributed by atoms with Crippen molar-refractivity contribution in [2.45, 2.75) is 18.9 Å². The van der Waals surface area contributed by atoms with Crippen LogP contribution in [0.5, 0.6) is 11.5 Å². The second-order valence-corrected chi connectivity index (χ2v) is 3.87. The standard InChI is InChI=1S/C12H14N2O2/c1-16-12-6-11(15)8(7-13)5-9(12)10-3-2-4-14-10/h5-6,10,14-15H,2-4H2,1H3. The van der Waals surface area contributed by atoms with Crippen LogP contribution in [0.4, 0.5) is 0 Å². The van der Waals surface area contributed by atoms with Gasteiger partial charge in [-0.3, -0.25) is 0 Å². The van der Waals surface area contributed by atoms with Crippen molar-refractivity contribution in [2.75, 3.05) is 13.7 Å². The molecular formula is C12H14N2O2. The highest BCUT2D eigenvalue weighted by molar-refractivity contribution is 5.52. The monoisotopic (exact) mass is 218 g/mol. The molecule has 1 aliphatic heterocycles. The van der Waals surface area contributed by atoms with Crippen LogP contribution in [0.1, 0.15) is 30.0 Å². The van der Waals surface area contributed by atoms with Crippen molar-refractivity contribution in [1.29, 1.82) is 5.26 Å². The minimum absolute atomic E-state index is 0.0268. The molecule has 4 nitrogen and oxygen atoms in total. The highest BCUT2D eigenvalue weighted by Gasteiger charge is 2.21. The number of ether oxygens (including phenoxy) is 1. The van der Waals surface area contributed by atoms with E-state index in [0.717, 1.165) is 24.9 Å². The van der Waals surface area contributed by atoms with Gasteiger partial charge in [-0.2, -0.15) is 5.26 Å². The molecule has 0 radical (unpaired) electrons. The van der Waals surface area contributed by atoms with Gasteiger partial charge in [-0.1, -0.05) is 0 Å². The summed E-state index contributed by atoms with van der Waals surface area (Å²) in [6, 6.07) is 5.42. The molecule has 1 aliphatic rings. The van der Waals surface area contributed by atoms with E-state index in [1.807, 2.05) is 6.07 Å². The predicted molar refractivity (Wildman–Crippen MR) is 59.4 cm³/mol. The van der Waals surface area contributed by atoms with Crippen LogP contribution < -0.4 is 10.1 Å². The summed E-state index contributed by atoms with van der Waals surface area (Å²) < 4.78 is 5.23. The first kappa shape index (κ1) is 10.8. The first-order valence-electron chi connectivity index (χ1n) is 5.30. The topological polar surface area (TPSA) is 65.3 Å². The molecule has 1 fully saturated rings. The first-order chi connectivity index (χ1) is 7.76. The zero-order chi connectivity index (χ0) is 11.5. The Morgan fingerprint density at radius 2 is 2.38 bits per heavy atom. The number of rotatable bonds is 2. The number of nitriles is 1. The molecule has 84 valence electrons. The highest BCUT2D eigenvalue weighted by atomic mass is 16.5. The Hall–Kier alpha value is -1.73. The molecule has 16 heavy (non-hydrogen) atoms. The lowest BCUT2D eigenvalue weighted by Gasteiger charge is -2.15. The Morgan fingerprint density at radius 1 is 1.56 bits per heavy atom. The molecule has 1 heterocycles. The summed E-state index contributed by atoms with van der Waals surface area (Å²) in [6.45, 7) is 0.983. The molecule has 0 saturated carbocycles. The Kier molecular flexibility index (Phi) is 2.97. The zero-order valence-corrected chi connectivity index (χ0v) is 9.16. The molecule has 2 rings (SSSR count). The van der Waals surface area contributed by atoms with Crippen molar-refractivity contribution in [3.63, 3.8) is 0 Å². The van der Waals surface area contributed by atoms with Crippen molar-refractivity contribution >= 4 is 0 Å². The van der Waals surface area contributed by atoms with Crippen LogP contribution in [0, 0.1) is 11.3 Å². The highest BCUT2D eigenvalue weighted by Crippen LogP contribution is 2.35. The second-order valence-electron chi connectivity index (χ2n) is 3.87. The fourth-order valence-corrected chi connectivity index (χ4v) is 2.07. The summed E-state index contributed by atoms with van der Waals surface area (Å²) in [5.74, 6) is 0.608. The van der Waals surface area contributed by atoms with Gasteiger partial charge in [-0.25, -0.2) is 0 Å². The van der Waals surface area contributed by atoms with Gasteiger partial charge in [0.15, 0.2) is 0 Å². The van der Waals surface area contributed by atoms with Gasteiger partial charge in [0.25, 0.3) is 0 Å². The van der Waals surface area contributed by atoms with Crippen LogP contribution in [0.2, 0.25) is 0 Å². The van der Waals surface area contributed by atoms with Gasteiger partial charge in [0, 0.05) is 17.7 Å². The summed E-state index contributed by atoms with van der Waals surface area (Å²) >= 11 is 0. The molecule has 1 atom stereocenters. The van der Waals surface area contributed by atoms with Crippen LogP contribution >= 0.6 is 0 Å². The number of phenolic OH excluding ortho intramolecular Hbond substituents is 1. The van der Waals surface area contributed by atoms with Crippen LogP contribution in [0.15, 0.2) is 12.1 Å².